The van der Waals surface area contributed by atoms with E-state index in [4.69, 9.17) is 5.26 Å². The van der Waals surface area contributed by atoms with Crippen molar-refractivity contribution in [3.05, 3.63) is 21.9 Å². The molecule has 0 bridgehead atoms. The first-order valence-corrected chi connectivity index (χ1v) is 6.78. The number of rotatable bonds is 4. The van der Waals surface area contributed by atoms with E-state index in [1.54, 1.807) is 11.3 Å². The Morgan fingerprint density at radius 1 is 1.50 bits per heavy atom. The van der Waals surface area contributed by atoms with Crippen molar-refractivity contribution in [1.82, 2.24) is 5.32 Å². The summed E-state index contributed by atoms with van der Waals surface area (Å²) in [7, 11) is 0. The monoisotopic (exact) mass is 234 g/mol. The Morgan fingerprint density at radius 2 is 2.25 bits per heavy atom. The lowest BCUT2D eigenvalue weighted by Crippen LogP contribution is -2.28. The van der Waals surface area contributed by atoms with Gasteiger partial charge in [0.05, 0.1) is 5.56 Å². The summed E-state index contributed by atoms with van der Waals surface area (Å²) in [6.45, 7) is 4.39. The van der Waals surface area contributed by atoms with Crippen LogP contribution in [0, 0.1) is 16.7 Å². The van der Waals surface area contributed by atoms with Gasteiger partial charge in [-0.15, -0.1) is 11.3 Å². The van der Waals surface area contributed by atoms with E-state index in [2.05, 4.69) is 18.3 Å². The van der Waals surface area contributed by atoms with E-state index in [9.17, 15) is 0 Å². The number of hydrogen-bond donors (Lipinski definition) is 1. The summed E-state index contributed by atoms with van der Waals surface area (Å²) in [5.41, 5.74) is 1.30. The van der Waals surface area contributed by atoms with Crippen LogP contribution in [0.2, 0.25) is 0 Å². The van der Waals surface area contributed by atoms with Gasteiger partial charge >= 0.3 is 0 Å². The zero-order valence-corrected chi connectivity index (χ0v) is 10.6. The molecule has 0 radical (unpaired) electrons. The van der Waals surface area contributed by atoms with Crippen LogP contribution in [0.4, 0.5) is 0 Å². The van der Waals surface area contributed by atoms with Crippen LogP contribution in [0.3, 0.4) is 0 Å². The fourth-order valence-corrected chi connectivity index (χ4v) is 3.20. The summed E-state index contributed by atoms with van der Waals surface area (Å²) in [4.78, 5) is 1.26. The molecule has 0 saturated heterocycles. The standard InChI is InChI=1S/C13H18N2S/c1-13(4-2-3-5-13)10-15-8-12-6-11(7-14)9-16-12/h6,9,15H,2-5,8,10H2,1H3. The van der Waals surface area contributed by atoms with Gasteiger partial charge in [0.1, 0.15) is 6.07 Å². The fourth-order valence-electron chi connectivity index (χ4n) is 2.42. The van der Waals surface area contributed by atoms with Gasteiger partial charge in [-0.2, -0.15) is 5.26 Å². The number of hydrogen-bond acceptors (Lipinski definition) is 3. The highest BCUT2D eigenvalue weighted by molar-refractivity contribution is 7.10. The van der Waals surface area contributed by atoms with Crippen molar-refractivity contribution in [3.8, 4) is 6.07 Å². The number of nitrogens with zero attached hydrogens (tertiary/aromatic N) is 1. The van der Waals surface area contributed by atoms with Crippen molar-refractivity contribution >= 4 is 11.3 Å². The molecule has 0 aliphatic heterocycles. The predicted molar refractivity (Wildman–Crippen MR) is 67.3 cm³/mol. The van der Waals surface area contributed by atoms with Crippen LogP contribution in [0.15, 0.2) is 11.4 Å². The molecule has 1 aliphatic rings. The first kappa shape index (κ1) is 11.6. The molecule has 0 amide bonds. The van der Waals surface area contributed by atoms with Gasteiger partial charge in [-0.1, -0.05) is 19.8 Å². The molecule has 1 fully saturated rings. The van der Waals surface area contributed by atoms with E-state index in [1.807, 2.05) is 11.4 Å². The summed E-state index contributed by atoms with van der Waals surface area (Å²) >= 11 is 1.67. The summed E-state index contributed by atoms with van der Waals surface area (Å²) in [5, 5.41) is 14.2. The molecule has 16 heavy (non-hydrogen) atoms. The molecule has 3 heteroatoms. The van der Waals surface area contributed by atoms with Crippen LogP contribution in [0.5, 0.6) is 0 Å². The summed E-state index contributed by atoms with van der Waals surface area (Å²) in [6.07, 6.45) is 5.48. The normalized spacial score (nSPS) is 18.5. The molecule has 1 aromatic rings. The molecular weight excluding hydrogens is 216 g/mol. The molecule has 2 nitrogen and oxygen atoms in total. The molecule has 1 saturated carbocycles. The Morgan fingerprint density at radius 3 is 2.88 bits per heavy atom. The third-order valence-corrected chi connectivity index (χ3v) is 4.38. The van der Waals surface area contributed by atoms with Crippen LogP contribution in [-0.4, -0.2) is 6.54 Å². The van der Waals surface area contributed by atoms with Gasteiger partial charge in [0.25, 0.3) is 0 Å². The highest BCUT2D eigenvalue weighted by Gasteiger charge is 2.27. The maximum atomic E-state index is 8.73. The van der Waals surface area contributed by atoms with Gasteiger partial charge in [-0.25, -0.2) is 0 Å². The van der Waals surface area contributed by atoms with Crippen LogP contribution in [0.25, 0.3) is 0 Å². The third kappa shape index (κ3) is 2.84. The molecule has 1 aliphatic carbocycles. The Balaban J connectivity index is 1.77. The van der Waals surface area contributed by atoms with Gasteiger partial charge < -0.3 is 5.32 Å². The van der Waals surface area contributed by atoms with Crippen molar-refractivity contribution in [2.75, 3.05) is 6.54 Å². The lowest BCUT2D eigenvalue weighted by atomic mass is 9.89. The van der Waals surface area contributed by atoms with Gasteiger partial charge in [-0.05, 0) is 24.3 Å². The van der Waals surface area contributed by atoms with Crippen molar-refractivity contribution in [2.24, 2.45) is 5.41 Å². The van der Waals surface area contributed by atoms with Gasteiger partial charge in [-0.3, -0.25) is 0 Å². The topological polar surface area (TPSA) is 35.8 Å². The van der Waals surface area contributed by atoms with Crippen LogP contribution < -0.4 is 5.32 Å². The summed E-state index contributed by atoms with van der Waals surface area (Å²) < 4.78 is 0. The van der Waals surface area contributed by atoms with Gasteiger partial charge in [0.2, 0.25) is 0 Å². The fraction of sp³-hybridized carbons (Fsp3) is 0.615. The molecule has 0 spiro atoms. The van der Waals surface area contributed by atoms with Crippen molar-refractivity contribution in [3.63, 3.8) is 0 Å². The minimum atomic E-state index is 0.509. The second-order valence-electron chi connectivity index (χ2n) is 5.03. The Bertz CT molecular complexity index is 383. The number of nitrogens with one attached hydrogen (secondary N) is 1. The highest BCUT2D eigenvalue weighted by atomic mass is 32.1. The molecular formula is C13H18N2S. The first-order chi connectivity index (χ1) is 7.72. The number of thiophene rings is 1. The molecule has 1 aromatic heterocycles. The highest BCUT2D eigenvalue weighted by Crippen LogP contribution is 2.36. The van der Waals surface area contributed by atoms with E-state index in [-0.39, 0.29) is 0 Å². The Labute approximate surface area is 101 Å². The molecule has 0 unspecified atom stereocenters. The SMILES string of the molecule is CC1(CNCc2cc(C#N)cs2)CCCC1. The smallest absolute Gasteiger partial charge is 0.100 e. The molecule has 1 heterocycles. The lowest BCUT2D eigenvalue weighted by Gasteiger charge is -2.23. The van der Waals surface area contributed by atoms with E-state index in [1.165, 1.54) is 30.6 Å². The van der Waals surface area contributed by atoms with Crippen molar-refractivity contribution < 1.29 is 0 Å². The van der Waals surface area contributed by atoms with Crippen molar-refractivity contribution in [1.29, 1.82) is 5.26 Å². The Kier molecular flexibility index (Phi) is 3.63. The van der Waals surface area contributed by atoms with E-state index >= 15 is 0 Å². The molecule has 2 rings (SSSR count). The quantitative estimate of drug-likeness (QED) is 0.867. The molecule has 86 valence electrons. The van der Waals surface area contributed by atoms with Crippen LogP contribution >= 0.6 is 11.3 Å². The van der Waals surface area contributed by atoms with E-state index in [0.29, 0.717) is 5.41 Å². The molecule has 1 N–H and O–H groups in total. The maximum absolute atomic E-state index is 8.73. The van der Waals surface area contributed by atoms with Crippen LogP contribution in [-0.2, 0) is 6.54 Å². The van der Waals surface area contributed by atoms with E-state index < -0.39 is 0 Å². The lowest BCUT2D eigenvalue weighted by molar-refractivity contribution is 0.315. The first-order valence-electron chi connectivity index (χ1n) is 5.90. The van der Waals surface area contributed by atoms with Gasteiger partial charge in [0, 0.05) is 23.3 Å². The molecule has 0 atom stereocenters. The Hall–Kier alpha value is -0.850. The largest absolute Gasteiger partial charge is 0.311 e. The number of nitriles is 1. The van der Waals surface area contributed by atoms with Gasteiger partial charge in [0.15, 0.2) is 0 Å². The van der Waals surface area contributed by atoms with E-state index in [0.717, 1.165) is 18.7 Å². The summed E-state index contributed by atoms with van der Waals surface area (Å²) in [6, 6.07) is 4.15. The molecule has 0 aromatic carbocycles. The third-order valence-electron chi connectivity index (χ3n) is 3.44. The second-order valence-corrected chi connectivity index (χ2v) is 6.03. The zero-order chi connectivity index (χ0) is 11.4. The minimum absolute atomic E-state index is 0.509. The average Bonchev–Trinajstić information content (AvgIpc) is 2.88. The average molecular weight is 234 g/mol. The predicted octanol–water partition coefficient (Wildman–Crippen LogP) is 3.29. The minimum Gasteiger partial charge on any atom is -0.311 e. The van der Waals surface area contributed by atoms with Crippen molar-refractivity contribution in [2.45, 2.75) is 39.2 Å². The summed E-state index contributed by atoms with van der Waals surface area (Å²) in [5.74, 6) is 0. The second kappa shape index (κ2) is 4.99. The zero-order valence-electron chi connectivity index (χ0n) is 9.75. The van der Waals surface area contributed by atoms with Crippen LogP contribution in [0.1, 0.15) is 43.0 Å². The maximum Gasteiger partial charge on any atom is 0.100 e.